The molecule has 0 radical (unpaired) electrons. The predicted octanol–water partition coefficient (Wildman–Crippen LogP) is 1.53. The minimum atomic E-state index is -0.345. The third kappa shape index (κ3) is 1.79. The molecule has 0 aliphatic heterocycles. The van der Waals surface area contributed by atoms with Crippen molar-refractivity contribution >= 4 is 17.7 Å². The maximum Gasteiger partial charge on any atom is 0.321 e. The van der Waals surface area contributed by atoms with Crippen LogP contribution in [0, 0.1) is 5.82 Å². The summed E-state index contributed by atoms with van der Waals surface area (Å²) in [6, 6.07) is 5.98. The van der Waals surface area contributed by atoms with Crippen molar-refractivity contribution in [3.8, 4) is 0 Å². The number of nitrogens with zero attached hydrogens (tertiary/aromatic N) is 2. The number of hydrogen-bond acceptors (Lipinski definition) is 5. The molecule has 0 spiro atoms. The van der Waals surface area contributed by atoms with Crippen LogP contribution < -0.4 is 11.1 Å². The normalized spacial score (nSPS) is 10.1. The van der Waals surface area contributed by atoms with E-state index in [4.69, 9.17) is 10.2 Å². The maximum atomic E-state index is 12.7. The van der Waals surface area contributed by atoms with Crippen molar-refractivity contribution in [2.45, 2.75) is 0 Å². The van der Waals surface area contributed by atoms with Crippen molar-refractivity contribution in [2.75, 3.05) is 11.1 Å². The van der Waals surface area contributed by atoms with E-state index >= 15 is 0 Å². The van der Waals surface area contributed by atoms with Crippen molar-refractivity contribution in [3.05, 3.63) is 30.1 Å². The summed E-state index contributed by atoms with van der Waals surface area (Å²) in [5.41, 5.74) is 5.73. The quantitative estimate of drug-likeness (QED) is 0.758. The summed E-state index contributed by atoms with van der Waals surface area (Å²) in [6.07, 6.45) is 0. The molecule has 1 heterocycles. The van der Waals surface area contributed by atoms with E-state index in [9.17, 15) is 4.39 Å². The Bertz CT molecular complexity index is 442. The highest BCUT2D eigenvalue weighted by molar-refractivity contribution is 5.51. The Balaban J connectivity index is 2.18. The fraction of sp³-hybridized carbons (Fsp3) is 0. The molecular weight excluding hydrogens is 187 g/mol. The minimum absolute atomic E-state index is 0.0381. The SMILES string of the molecule is Nc1nnc(Nc2cccc(F)c2)o1. The second-order valence-corrected chi connectivity index (χ2v) is 2.58. The predicted molar refractivity (Wildman–Crippen MR) is 48.4 cm³/mol. The van der Waals surface area contributed by atoms with Gasteiger partial charge in [-0.3, -0.25) is 0 Å². The molecular formula is C8H7FN4O. The van der Waals surface area contributed by atoms with Crippen LogP contribution in [0.1, 0.15) is 0 Å². The zero-order chi connectivity index (χ0) is 9.97. The first-order valence-electron chi connectivity index (χ1n) is 3.85. The molecule has 2 aromatic rings. The fourth-order valence-electron chi connectivity index (χ4n) is 0.975. The summed E-state index contributed by atoms with van der Waals surface area (Å²) < 4.78 is 17.6. The highest BCUT2D eigenvalue weighted by Gasteiger charge is 2.02. The third-order valence-electron chi connectivity index (χ3n) is 1.52. The summed E-state index contributed by atoms with van der Waals surface area (Å²) in [4.78, 5) is 0. The molecule has 0 unspecified atom stereocenters. The first kappa shape index (κ1) is 8.49. The van der Waals surface area contributed by atoms with E-state index in [1.807, 2.05) is 0 Å². The lowest BCUT2D eigenvalue weighted by Gasteiger charge is -1.99. The van der Waals surface area contributed by atoms with E-state index in [0.29, 0.717) is 5.69 Å². The van der Waals surface area contributed by atoms with Gasteiger partial charge in [0, 0.05) is 5.69 Å². The largest absolute Gasteiger partial charge is 0.389 e. The summed E-state index contributed by atoms with van der Waals surface area (Å²) >= 11 is 0. The Kier molecular flexibility index (Phi) is 2.02. The van der Waals surface area contributed by atoms with Gasteiger partial charge >= 0.3 is 12.0 Å². The van der Waals surface area contributed by atoms with Gasteiger partial charge in [0.25, 0.3) is 0 Å². The number of hydrogen-bond donors (Lipinski definition) is 2. The molecule has 5 nitrogen and oxygen atoms in total. The Morgan fingerprint density at radius 2 is 2.21 bits per heavy atom. The average Bonchev–Trinajstić information content (AvgIpc) is 2.51. The first-order valence-corrected chi connectivity index (χ1v) is 3.85. The van der Waals surface area contributed by atoms with Crippen molar-refractivity contribution in [3.63, 3.8) is 0 Å². The molecule has 6 heteroatoms. The monoisotopic (exact) mass is 194 g/mol. The van der Waals surface area contributed by atoms with Crippen LogP contribution in [0.3, 0.4) is 0 Å². The van der Waals surface area contributed by atoms with Crippen molar-refractivity contribution < 1.29 is 8.81 Å². The van der Waals surface area contributed by atoms with Gasteiger partial charge in [-0.1, -0.05) is 16.3 Å². The molecule has 1 aromatic heterocycles. The van der Waals surface area contributed by atoms with Gasteiger partial charge in [0.2, 0.25) is 0 Å². The molecule has 3 N–H and O–H groups in total. The highest BCUT2D eigenvalue weighted by atomic mass is 19.1. The number of nitrogens with one attached hydrogen (secondary N) is 1. The summed E-state index contributed by atoms with van der Waals surface area (Å²) in [5, 5.41) is 9.71. The average molecular weight is 194 g/mol. The lowest BCUT2D eigenvalue weighted by atomic mass is 10.3. The van der Waals surface area contributed by atoms with Crippen LogP contribution >= 0.6 is 0 Å². The summed E-state index contributed by atoms with van der Waals surface area (Å²) in [7, 11) is 0. The maximum absolute atomic E-state index is 12.7. The topological polar surface area (TPSA) is 77.0 Å². The zero-order valence-electron chi connectivity index (χ0n) is 7.07. The Labute approximate surface area is 78.7 Å². The highest BCUT2D eigenvalue weighted by Crippen LogP contribution is 2.16. The van der Waals surface area contributed by atoms with Crippen molar-refractivity contribution in [1.29, 1.82) is 0 Å². The smallest absolute Gasteiger partial charge is 0.321 e. The molecule has 1 aromatic carbocycles. The van der Waals surface area contributed by atoms with Gasteiger partial charge < -0.3 is 15.5 Å². The van der Waals surface area contributed by atoms with Gasteiger partial charge in [-0.25, -0.2) is 4.39 Å². The molecule has 0 aliphatic rings. The molecule has 14 heavy (non-hydrogen) atoms. The Hall–Kier alpha value is -2.11. The van der Waals surface area contributed by atoms with Crippen LogP contribution in [0.15, 0.2) is 28.7 Å². The van der Waals surface area contributed by atoms with Gasteiger partial charge in [-0.2, -0.15) is 0 Å². The Morgan fingerprint density at radius 3 is 2.86 bits per heavy atom. The minimum Gasteiger partial charge on any atom is -0.389 e. The third-order valence-corrected chi connectivity index (χ3v) is 1.52. The van der Waals surface area contributed by atoms with Crippen LogP contribution in [-0.4, -0.2) is 10.2 Å². The van der Waals surface area contributed by atoms with Crippen LogP contribution in [0.4, 0.5) is 22.1 Å². The van der Waals surface area contributed by atoms with E-state index < -0.39 is 0 Å². The molecule has 0 saturated heterocycles. The van der Waals surface area contributed by atoms with Gasteiger partial charge in [0.05, 0.1) is 0 Å². The summed E-state index contributed by atoms with van der Waals surface area (Å²) in [5.74, 6) is -0.345. The molecule has 0 aliphatic carbocycles. The fourth-order valence-corrected chi connectivity index (χ4v) is 0.975. The number of nitrogen functional groups attached to an aromatic ring is 1. The number of nitrogens with two attached hydrogens (primary N) is 1. The number of benzene rings is 1. The lowest BCUT2D eigenvalue weighted by Crippen LogP contribution is -1.90. The van der Waals surface area contributed by atoms with E-state index in [0.717, 1.165) is 0 Å². The molecule has 0 bridgehead atoms. The molecule has 0 atom stereocenters. The number of anilines is 3. The van der Waals surface area contributed by atoms with Gasteiger partial charge in [-0.05, 0) is 18.2 Å². The van der Waals surface area contributed by atoms with E-state index in [1.165, 1.54) is 12.1 Å². The number of aromatic nitrogens is 2. The second-order valence-electron chi connectivity index (χ2n) is 2.58. The van der Waals surface area contributed by atoms with E-state index in [-0.39, 0.29) is 17.8 Å². The summed E-state index contributed by atoms with van der Waals surface area (Å²) in [6.45, 7) is 0. The zero-order valence-corrected chi connectivity index (χ0v) is 7.07. The van der Waals surface area contributed by atoms with E-state index in [2.05, 4.69) is 15.5 Å². The first-order chi connectivity index (χ1) is 6.74. The molecule has 0 saturated carbocycles. The van der Waals surface area contributed by atoms with Crippen molar-refractivity contribution in [1.82, 2.24) is 10.2 Å². The van der Waals surface area contributed by atoms with Crippen LogP contribution in [-0.2, 0) is 0 Å². The van der Waals surface area contributed by atoms with Gasteiger partial charge in [0.1, 0.15) is 5.82 Å². The van der Waals surface area contributed by atoms with Crippen LogP contribution in [0.2, 0.25) is 0 Å². The number of halogens is 1. The van der Waals surface area contributed by atoms with E-state index in [1.54, 1.807) is 12.1 Å². The van der Waals surface area contributed by atoms with Gasteiger partial charge in [0.15, 0.2) is 0 Å². The Morgan fingerprint density at radius 1 is 1.36 bits per heavy atom. The standard InChI is InChI=1S/C8H7FN4O/c9-5-2-1-3-6(4-5)11-8-13-12-7(10)14-8/h1-4H,(H2,10,12)(H,11,13). The number of rotatable bonds is 2. The molecule has 2 rings (SSSR count). The lowest BCUT2D eigenvalue weighted by molar-refractivity contribution is 0.593. The molecule has 0 amide bonds. The molecule has 0 fully saturated rings. The second kappa shape index (κ2) is 3.33. The molecule has 72 valence electrons. The van der Waals surface area contributed by atoms with Crippen LogP contribution in [0.25, 0.3) is 0 Å². The van der Waals surface area contributed by atoms with Crippen molar-refractivity contribution in [2.24, 2.45) is 0 Å². The van der Waals surface area contributed by atoms with Gasteiger partial charge in [-0.15, -0.1) is 0 Å². The van der Waals surface area contributed by atoms with Crippen LogP contribution in [0.5, 0.6) is 0 Å².